The number of benzene rings is 1. The first kappa shape index (κ1) is 19.6. The molecule has 0 radical (unpaired) electrons. The van der Waals surface area contributed by atoms with E-state index in [1.165, 1.54) is 39.9 Å². The molecule has 144 valence electrons. The summed E-state index contributed by atoms with van der Waals surface area (Å²) in [5, 5.41) is 29.9. The van der Waals surface area contributed by atoms with E-state index in [2.05, 4.69) is 4.98 Å². The van der Waals surface area contributed by atoms with Gasteiger partial charge in [-0.15, -0.1) is 0 Å². The molecule has 2 heterocycles. The van der Waals surface area contributed by atoms with Crippen LogP contribution in [-0.2, 0) is 4.74 Å². The highest BCUT2D eigenvalue weighted by atomic mass is 33.1. The number of hydrogen-bond donors (Lipinski definition) is 3. The molecule has 0 saturated carbocycles. The highest BCUT2D eigenvalue weighted by Crippen LogP contribution is 2.45. The third kappa shape index (κ3) is 4.25. The Balaban J connectivity index is 1.80. The normalized spacial score (nSPS) is 24.8. The minimum atomic E-state index is -1.06. The van der Waals surface area contributed by atoms with Crippen LogP contribution in [0.25, 0.3) is 0 Å². The van der Waals surface area contributed by atoms with Crippen LogP contribution in [0.15, 0.2) is 51.0 Å². The van der Waals surface area contributed by atoms with Crippen LogP contribution >= 0.6 is 21.6 Å². The van der Waals surface area contributed by atoms with Crippen molar-refractivity contribution in [1.29, 1.82) is 0 Å². The summed E-state index contributed by atoms with van der Waals surface area (Å²) in [5.74, 6) is 0. The van der Waals surface area contributed by atoms with Crippen molar-refractivity contribution in [3.8, 4) is 0 Å². The van der Waals surface area contributed by atoms with Gasteiger partial charge >= 0.3 is 5.69 Å². The maximum atomic E-state index is 12.1. The molecule has 1 aromatic heterocycles. The van der Waals surface area contributed by atoms with Gasteiger partial charge in [0.1, 0.15) is 6.10 Å². The van der Waals surface area contributed by atoms with Crippen LogP contribution in [0, 0.1) is 10.1 Å². The number of nitro benzene ring substituents is 1. The van der Waals surface area contributed by atoms with Gasteiger partial charge in [-0.3, -0.25) is 24.5 Å². The van der Waals surface area contributed by atoms with Crippen molar-refractivity contribution in [2.45, 2.75) is 28.6 Å². The molecule has 0 unspecified atom stereocenters. The quantitative estimate of drug-likeness (QED) is 0.350. The van der Waals surface area contributed by atoms with Crippen molar-refractivity contribution >= 4 is 27.3 Å². The van der Waals surface area contributed by atoms with Gasteiger partial charge in [0.05, 0.1) is 22.9 Å². The SMILES string of the molecule is O=c1ccn([C@@H]2O[C@H](CO)[C@@H](O)[C@H]2SSc2ccc([N+](=O)[O-])cc2)c(=O)[nH]1. The van der Waals surface area contributed by atoms with Crippen molar-refractivity contribution < 1.29 is 19.9 Å². The topological polar surface area (TPSA) is 148 Å². The first-order valence-electron chi connectivity index (χ1n) is 7.74. The van der Waals surface area contributed by atoms with E-state index in [0.29, 0.717) is 4.90 Å². The Labute approximate surface area is 159 Å². The molecule has 0 aliphatic carbocycles. The van der Waals surface area contributed by atoms with Gasteiger partial charge in [-0.25, -0.2) is 4.79 Å². The van der Waals surface area contributed by atoms with Gasteiger partial charge in [-0.05, 0) is 12.1 Å². The Morgan fingerprint density at radius 2 is 1.96 bits per heavy atom. The van der Waals surface area contributed by atoms with Crippen LogP contribution in [0.3, 0.4) is 0 Å². The van der Waals surface area contributed by atoms with E-state index < -0.39 is 46.5 Å². The van der Waals surface area contributed by atoms with E-state index in [1.807, 2.05) is 0 Å². The fourth-order valence-electron chi connectivity index (χ4n) is 2.56. The molecule has 0 amide bonds. The Kier molecular flexibility index (Phi) is 6.01. The van der Waals surface area contributed by atoms with Gasteiger partial charge in [0.2, 0.25) is 0 Å². The molecule has 1 aliphatic rings. The second-order valence-corrected chi connectivity index (χ2v) is 8.10. The summed E-state index contributed by atoms with van der Waals surface area (Å²) in [4.78, 5) is 36.3. The molecule has 4 atom stereocenters. The van der Waals surface area contributed by atoms with E-state index in [-0.39, 0.29) is 5.69 Å². The number of aliphatic hydroxyl groups excluding tert-OH is 2. The molecule has 12 heteroatoms. The number of non-ortho nitro benzene ring substituents is 1. The molecule has 1 saturated heterocycles. The highest BCUT2D eigenvalue weighted by Gasteiger charge is 2.45. The lowest BCUT2D eigenvalue weighted by atomic mass is 10.2. The summed E-state index contributed by atoms with van der Waals surface area (Å²) in [6, 6.07) is 7.04. The fourth-order valence-corrected chi connectivity index (χ4v) is 5.23. The zero-order chi connectivity index (χ0) is 19.6. The number of nitro groups is 1. The van der Waals surface area contributed by atoms with E-state index in [9.17, 15) is 29.9 Å². The molecule has 2 aromatic rings. The van der Waals surface area contributed by atoms with Crippen LogP contribution in [-0.4, -0.2) is 48.8 Å². The monoisotopic (exact) mass is 413 g/mol. The summed E-state index contributed by atoms with van der Waals surface area (Å²) < 4.78 is 6.75. The molecule has 0 spiro atoms. The lowest BCUT2D eigenvalue weighted by Crippen LogP contribution is -2.36. The molecular formula is C15H15N3O7S2. The molecule has 0 bridgehead atoms. The Bertz CT molecular complexity index is 930. The largest absolute Gasteiger partial charge is 0.394 e. The third-order valence-corrected chi connectivity index (χ3v) is 6.75. The predicted octanol–water partition coefficient (Wildman–Crippen LogP) is 0.504. The number of ether oxygens (including phenoxy) is 1. The van der Waals surface area contributed by atoms with Crippen LogP contribution in [0.2, 0.25) is 0 Å². The minimum absolute atomic E-state index is 0.0356. The van der Waals surface area contributed by atoms with Gasteiger partial charge in [0.15, 0.2) is 6.23 Å². The molecule has 1 aromatic carbocycles. The molecule has 10 nitrogen and oxygen atoms in total. The molecule has 1 fully saturated rings. The van der Waals surface area contributed by atoms with E-state index in [4.69, 9.17) is 4.74 Å². The lowest BCUT2D eigenvalue weighted by Gasteiger charge is -2.20. The summed E-state index contributed by atoms with van der Waals surface area (Å²) in [6.45, 7) is -0.435. The molecule has 27 heavy (non-hydrogen) atoms. The number of aromatic nitrogens is 2. The second-order valence-electron chi connectivity index (χ2n) is 5.65. The number of H-pyrrole nitrogens is 1. The summed E-state index contributed by atoms with van der Waals surface area (Å²) in [7, 11) is 2.45. The number of aliphatic hydroxyl groups is 2. The van der Waals surface area contributed by atoms with Gasteiger partial charge in [0.25, 0.3) is 11.2 Å². The smallest absolute Gasteiger partial charge is 0.330 e. The van der Waals surface area contributed by atoms with E-state index in [0.717, 1.165) is 10.6 Å². The maximum Gasteiger partial charge on any atom is 0.330 e. The average Bonchev–Trinajstić information content (AvgIpc) is 2.96. The Morgan fingerprint density at radius 3 is 2.56 bits per heavy atom. The standard InChI is InChI=1S/C15H15N3O7S2/c19-7-10-12(21)13(14(25-10)17-6-5-11(20)16-15(17)22)27-26-9-3-1-8(2-4-9)18(23)24/h1-6,10,12-14,19,21H,7H2,(H,16,20,22)/t10-,12-,13-,14-/m1/s1. The van der Waals surface area contributed by atoms with Gasteiger partial charge in [-0.2, -0.15) is 0 Å². The highest BCUT2D eigenvalue weighted by molar-refractivity contribution is 8.77. The van der Waals surface area contributed by atoms with Gasteiger partial charge in [-0.1, -0.05) is 21.6 Å². The number of nitrogens with one attached hydrogen (secondary N) is 1. The average molecular weight is 413 g/mol. The molecule has 1 aliphatic heterocycles. The van der Waals surface area contributed by atoms with Crippen molar-refractivity contribution in [3.63, 3.8) is 0 Å². The van der Waals surface area contributed by atoms with Crippen molar-refractivity contribution in [2.24, 2.45) is 0 Å². The van der Waals surface area contributed by atoms with E-state index in [1.54, 1.807) is 12.1 Å². The zero-order valence-electron chi connectivity index (χ0n) is 13.6. The van der Waals surface area contributed by atoms with Crippen LogP contribution in [0.1, 0.15) is 6.23 Å². The lowest BCUT2D eigenvalue weighted by molar-refractivity contribution is -0.384. The third-order valence-electron chi connectivity index (χ3n) is 3.92. The number of aromatic amines is 1. The fraction of sp³-hybridized carbons (Fsp3) is 0.333. The van der Waals surface area contributed by atoms with Crippen molar-refractivity contribution in [3.05, 3.63) is 67.5 Å². The van der Waals surface area contributed by atoms with Crippen molar-refractivity contribution in [1.82, 2.24) is 9.55 Å². The van der Waals surface area contributed by atoms with Crippen LogP contribution in [0.5, 0.6) is 0 Å². The molecule has 3 N–H and O–H groups in total. The maximum absolute atomic E-state index is 12.1. The summed E-state index contributed by atoms with van der Waals surface area (Å²) >= 11 is 0. The van der Waals surface area contributed by atoms with Crippen LogP contribution in [0.4, 0.5) is 5.69 Å². The number of rotatable bonds is 6. The van der Waals surface area contributed by atoms with Gasteiger partial charge in [0, 0.05) is 29.3 Å². The van der Waals surface area contributed by atoms with Crippen LogP contribution < -0.4 is 11.2 Å². The second kappa shape index (κ2) is 8.27. The summed E-state index contributed by atoms with van der Waals surface area (Å²) in [5.41, 5.74) is -1.28. The number of hydrogen-bond acceptors (Lipinski definition) is 9. The first-order valence-corrected chi connectivity index (χ1v) is 9.95. The van der Waals surface area contributed by atoms with E-state index >= 15 is 0 Å². The zero-order valence-corrected chi connectivity index (χ0v) is 15.3. The predicted molar refractivity (Wildman–Crippen MR) is 98.7 cm³/mol. The minimum Gasteiger partial charge on any atom is -0.394 e. The van der Waals surface area contributed by atoms with Crippen molar-refractivity contribution in [2.75, 3.05) is 6.61 Å². The summed E-state index contributed by atoms with van der Waals surface area (Å²) in [6.07, 6.45) is -1.59. The Morgan fingerprint density at radius 1 is 1.26 bits per heavy atom. The number of nitrogens with zero attached hydrogens (tertiary/aromatic N) is 2. The van der Waals surface area contributed by atoms with Gasteiger partial charge < -0.3 is 14.9 Å². The first-order chi connectivity index (χ1) is 12.9. The molecular weight excluding hydrogens is 398 g/mol. The molecule has 3 rings (SSSR count). The Hall–Kier alpha value is -2.12.